The van der Waals surface area contributed by atoms with E-state index in [-0.39, 0.29) is 18.1 Å². The highest BCUT2D eigenvalue weighted by molar-refractivity contribution is 6.31. The maximum Gasteiger partial charge on any atom is 0.271 e. The van der Waals surface area contributed by atoms with Crippen LogP contribution in [-0.4, -0.2) is 28.3 Å². The molecule has 0 radical (unpaired) electrons. The van der Waals surface area contributed by atoms with Gasteiger partial charge in [0.2, 0.25) is 5.91 Å². The van der Waals surface area contributed by atoms with E-state index >= 15 is 0 Å². The van der Waals surface area contributed by atoms with Crippen LogP contribution in [0.4, 0.5) is 5.69 Å². The summed E-state index contributed by atoms with van der Waals surface area (Å²) < 4.78 is 0. The third kappa shape index (κ3) is 4.00. The standard InChI is InChI=1S/C14H13ClN4O2/c1-9-10(15)3-2-4-11(9)19-13(20)8-18-14(21)12-7-16-5-6-17-12/h2-7H,8H2,1H3,(H,18,21)(H,19,20). The molecule has 0 fully saturated rings. The van der Waals surface area contributed by atoms with Crippen LogP contribution in [0.2, 0.25) is 5.02 Å². The lowest BCUT2D eigenvalue weighted by Crippen LogP contribution is -2.33. The Hall–Kier alpha value is -2.47. The van der Waals surface area contributed by atoms with Crippen molar-refractivity contribution in [3.8, 4) is 0 Å². The Balaban J connectivity index is 1.91. The van der Waals surface area contributed by atoms with Crippen LogP contribution in [0.25, 0.3) is 0 Å². The second-order valence-electron chi connectivity index (χ2n) is 4.23. The first-order valence-corrected chi connectivity index (χ1v) is 6.55. The fraction of sp³-hybridized carbons (Fsp3) is 0.143. The van der Waals surface area contributed by atoms with E-state index in [1.165, 1.54) is 18.6 Å². The number of rotatable bonds is 4. The minimum Gasteiger partial charge on any atom is -0.342 e. The van der Waals surface area contributed by atoms with Crippen LogP contribution in [-0.2, 0) is 4.79 Å². The molecule has 0 spiro atoms. The number of nitrogens with zero attached hydrogens (tertiary/aromatic N) is 2. The van der Waals surface area contributed by atoms with Crippen LogP contribution in [0, 0.1) is 6.92 Å². The molecule has 1 heterocycles. The summed E-state index contributed by atoms with van der Waals surface area (Å²) >= 11 is 5.97. The maximum absolute atomic E-state index is 11.8. The van der Waals surface area contributed by atoms with Crippen molar-refractivity contribution < 1.29 is 9.59 Å². The highest BCUT2D eigenvalue weighted by atomic mass is 35.5. The highest BCUT2D eigenvalue weighted by Gasteiger charge is 2.10. The van der Waals surface area contributed by atoms with Gasteiger partial charge in [0.15, 0.2) is 0 Å². The Kier molecular flexibility index (Phi) is 4.84. The van der Waals surface area contributed by atoms with Gasteiger partial charge >= 0.3 is 0 Å². The molecular formula is C14H13ClN4O2. The number of hydrogen-bond donors (Lipinski definition) is 2. The van der Waals surface area contributed by atoms with Gasteiger partial charge < -0.3 is 10.6 Å². The minimum absolute atomic E-state index is 0.157. The van der Waals surface area contributed by atoms with Gasteiger partial charge in [0.05, 0.1) is 12.7 Å². The van der Waals surface area contributed by atoms with Crippen molar-refractivity contribution in [3.63, 3.8) is 0 Å². The zero-order valence-electron chi connectivity index (χ0n) is 11.3. The first kappa shape index (κ1) is 14.9. The summed E-state index contributed by atoms with van der Waals surface area (Å²) in [6, 6.07) is 5.22. The van der Waals surface area contributed by atoms with Crippen molar-refractivity contribution in [2.75, 3.05) is 11.9 Å². The molecule has 2 aromatic rings. The number of carbonyl (C=O) groups excluding carboxylic acids is 2. The summed E-state index contributed by atoms with van der Waals surface area (Å²) in [6.07, 6.45) is 4.20. The number of carbonyl (C=O) groups is 2. The fourth-order valence-corrected chi connectivity index (χ4v) is 1.78. The smallest absolute Gasteiger partial charge is 0.271 e. The van der Waals surface area contributed by atoms with Gasteiger partial charge in [0, 0.05) is 23.1 Å². The number of aromatic nitrogens is 2. The van der Waals surface area contributed by atoms with E-state index in [0.717, 1.165) is 5.56 Å². The predicted octanol–water partition coefficient (Wildman–Crippen LogP) is 1.81. The van der Waals surface area contributed by atoms with Gasteiger partial charge in [-0.05, 0) is 24.6 Å². The molecule has 108 valence electrons. The molecule has 0 atom stereocenters. The zero-order valence-corrected chi connectivity index (χ0v) is 12.0. The summed E-state index contributed by atoms with van der Waals surface area (Å²) in [5.74, 6) is -0.807. The van der Waals surface area contributed by atoms with Gasteiger partial charge in [-0.1, -0.05) is 17.7 Å². The molecule has 0 aliphatic rings. The largest absolute Gasteiger partial charge is 0.342 e. The summed E-state index contributed by atoms with van der Waals surface area (Å²) in [4.78, 5) is 31.1. The molecule has 7 heteroatoms. The van der Waals surface area contributed by atoms with Crippen LogP contribution in [0.1, 0.15) is 16.1 Å². The molecule has 0 aliphatic heterocycles. The summed E-state index contributed by atoms with van der Waals surface area (Å²) in [6.45, 7) is 1.64. The molecule has 6 nitrogen and oxygen atoms in total. The van der Waals surface area contributed by atoms with Crippen molar-refractivity contribution in [2.45, 2.75) is 6.92 Å². The molecule has 0 unspecified atom stereocenters. The molecule has 1 aromatic carbocycles. The van der Waals surface area contributed by atoms with Crippen molar-refractivity contribution in [1.29, 1.82) is 0 Å². The van der Waals surface area contributed by atoms with E-state index in [1.54, 1.807) is 25.1 Å². The Bertz CT molecular complexity index is 661. The first-order chi connectivity index (χ1) is 10.1. The van der Waals surface area contributed by atoms with Crippen molar-refractivity contribution >= 4 is 29.1 Å². The molecule has 0 saturated heterocycles. The van der Waals surface area contributed by atoms with Gasteiger partial charge in [-0.2, -0.15) is 0 Å². The molecule has 2 N–H and O–H groups in total. The predicted molar refractivity (Wildman–Crippen MR) is 79.2 cm³/mol. The summed E-state index contributed by atoms with van der Waals surface area (Å²) in [7, 11) is 0. The minimum atomic E-state index is -0.457. The SMILES string of the molecule is Cc1c(Cl)cccc1NC(=O)CNC(=O)c1cnccn1. The van der Waals surface area contributed by atoms with Gasteiger partial charge in [-0.15, -0.1) is 0 Å². The van der Waals surface area contributed by atoms with E-state index < -0.39 is 5.91 Å². The first-order valence-electron chi connectivity index (χ1n) is 6.17. The van der Waals surface area contributed by atoms with E-state index in [0.29, 0.717) is 10.7 Å². The van der Waals surface area contributed by atoms with Gasteiger partial charge in [0.25, 0.3) is 5.91 Å². The van der Waals surface area contributed by atoms with Crippen LogP contribution in [0.15, 0.2) is 36.8 Å². The molecule has 0 aliphatic carbocycles. The number of anilines is 1. The van der Waals surface area contributed by atoms with E-state index in [9.17, 15) is 9.59 Å². The quantitative estimate of drug-likeness (QED) is 0.902. The molecule has 2 rings (SSSR count). The van der Waals surface area contributed by atoms with Crippen molar-refractivity contribution in [1.82, 2.24) is 15.3 Å². The molecule has 21 heavy (non-hydrogen) atoms. The Labute approximate surface area is 126 Å². The molecular weight excluding hydrogens is 292 g/mol. The Morgan fingerprint density at radius 2 is 2.10 bits per heavy atom. The molecule has 1 aromatic heterocycles. The van der Waals surface area contributed by atoms with E-state index in [4.69, 9.17) is 11.6 Å². The summed E-state index contributed by atoms with van der Waals surface area (Å²) in [5, 5.41) is 5.72. The van der Waals surface area contributed by atoms with Crippen molar-refractivity contribution in [3.05, 3.63) is 53.1 Å². The fourth-order valence-electron chi connectivity index (χ4n) is 1.60. The van der Waals surface area contributed by atoms with Crippen LogP contribution in [0.5, 0.6) is 0 Å². The monoisotopic (exact) mass is 304 g/mol. The van der Waals surface area contributed by atoms with Gasteiger partial charge in [-0.25, -0.2) is 4.98 Å². The maximum atomic E-state index is 11.8. The second-order valence-corrected chi connectivity index (χ2v) is 4.64. The van der Waals surface area contributed by atoms with E-state index in [1.807, 2.05) is 0 Å². The number of halogens is 1. The molecule has 0 bridgehead atoms. The Morgan fingerprint density at radius 3 is 2.81 bits per heavy atom. The average Bonchev–Trinajstić information content (AvgIpc) is 2.50. The number of nitrogens with one attached hydrogen (secondary N) is 2. The third-order valence-corrected chi connectivity index (χ3v) is 3.16. The lowest BCUT2D eigenvalue weighted by atomic mass is 10.2. The summed E-state index contributed by atoms with van der Waals surface area (Å²) in [5.41, 5.74) is 1.54. The second kappa shape index (κ2) is 6.81. The Morgan fingerprint density at radius 1 is 1.29 bits per heavy atom. The lowest BCUT2D eigenvalue weighted by molar-refractivity contribution is -0.115. The normalized spacial score (nSPS) is 10.0. The molecule has 0 saturated carbocycles. The zero-order chi connectivity index (χ0) is 15.2. The van der Waals surface area contributed by atoms with E-state index in [2.05, 4.69) is 20.6 Å². The number of benzene rings is 1. The van der Waals surface area contributed by atoms with Crippen LogP contribution < -0.4 is 10.6 Å². The average molecular weight is 305 g/mol. The number of amides is 2. The van der Waals surface area contributed by atoms with Gasteiger partial charge in [0.1, 0.15) is 5.69 Å². The third-order valence-electron chi connectivity index (χ3n) is 2.75. The van der Waals surface area contributed by atoms with Crippen molar-refractivity contribution in [2.24, 2.45) is 0 Å². The topological polar surface area (TPSA) is 84.0 Å². The van der Waals surface area contributed by atoms with Crippen LogP contribution in [0.3, 0.4) is 0 Å². The van der Waals surface area contributed by atoms with Crippen LogP contribution >= 0.6 is 11.6 Å². The molecule has 2 amide bonds. The number of hydrogen-bond acceptors (Lipinski definition) is 4. The lowest BCUT2D eigenvalue weighted by Gasteiger charge is -2.10. The van der Waals surface area contributed by atoms with Gasteiger partial charge in [-0.3, -0.25) is 14.6 Å². The highest BCUT2D eigenvalue weighted by Crippen LogP contribution is 2.22.